The highest BCUT2D eigenvalue weighted by Crippen LogP contribution is 2.33. The molecule has 1 aliphatic carbocycles. The molecule has 0 unspecified atom stereocenters. The van der Waals surface area contributed by atoms with E-state index in [2.05, 4.69) is 15.7 Å². The van der Waals surface area contributed by atoms with Crippen LogP contribution in [0.15, 0.2) is 35.4 Å². The van der Waals surface area contributed by atoms with Crippen LogP contribution in [0.3, 0.4) is 0 Å². The van der Waals surface area contributed by atoms with Gasteiger partial charge in [-0.05, 0) is 67.7 Å². The number of hydrogen-bond acceptors (Lipinski definition) is 5. The largest absolute Gasteiger partial charge is 0.497 e. The molecule has 3 aromatic rings. The number of anilines is 1. The van der Waals surface area contributed by atoms with Crippen molar-refractivity contribution in [3.05, 3.63) is 51.4 Å². The standard InChI is InChI=1S/C18H18N4O2S2/c1-24-12-8-6-11(7-9-12)20-18(25)21-22-10-19-16-15(17(22)23)13-4-2-3-5-14(13)26-16/h6-10H,2-5H2,1H3,(H2,20,21,25). The Labute approximate surface area is 159 Å². The number of nitrogens with zero attached hydrogens (tertiary/aromatic N) is 2. The summed E-state index contributed by atoms with van der Waals surface area (Å²) >= 11 is 6.96. The van der Waals surface area contributed by atoms with Crippen LogP contribution in [0.4, 0.5) is 5.69 Å². The Morgan fingerprint density at radius 3 is 2.81 bits per heavy atom. The van der Waals surface area contributed by atoms with Crippen molar-refractivity contribution < 1.29 is 4.74 Å². The van der Waals surface area contributed by atoms with E-state index in [4.69, 9.17) is 17.0 Å². The van der Waals surface area contributed by atoms with Crippen LogP contribution < -0.4 is 21.0 Å². The molecule has 6 nitrogen and oxygen atoms in total. The fourth-order valence-electron chi connectivity index (χ4n) is 3.17. The van der Waals surface area contributed by atoms with Gasteiger partial charge >= 0.3 is 0 Å². The Bertz CT molecular complexity index is 1020. The number of ether oxygens (including phenoxy) is 1. The van der Waals surface area contributed by atoms with Crippen LogP contribution in [0.2, 0.25) is 0 Å². The highest BCUT2D eigenvalue weighted by molar-refractivity contribution is 7.80. The van der Waals surface area contributed by atoms with Gasteiger partial charge in [0.2, 0.25) is 0 Å². The van der Waals surface area contributed by atoms with E-state index in [1.165, 1.54) is 27.9 Å². The lowest BCUT2D eigenvalue weighted by Crippen LogP contribution is -2.35. The molecule has 4 rings (SSSR count). The van der Waals surface area contributed by atoms with Crippen LogP contribution >= 0.6 is 23.6 Å². The number of hydrogen-bond donors (Lipinski definition) is 2. The van der Waals surface area contributed by atoms with E-state index in [1.54, 1.807) is 18.4 Å². The third kappa shape index (κ3) is 3.17. The van der Waals surface area contributed by atoms with Gasteiger partial charge in [-0.25, -0.2) is 9.66 Å². The van der Waals surface area contributed by atoms with Crippen LogP contribution in [0.5, 0.6) is 5.75 Å². The number of aromatic nitrogens is 2. The molecule has 8 heteroatoms. The Balaban J connectivity index is 1.57. The quantitative estimate of drug-likeness (QED) is 0.674. The molecule has 0 amide bonds. The number of nitrogens with one attached hydrogen (secondary N) is 2. The van der Waals surface area contributed by atoms with Crippen molar-refractivity contribution in [2.24, 2.45) is 0 Å². The van der Waals surface area contributed by atoms with Gasteiger partial charge in [-0.2, -0.15) is 0 Å². The molecule has 0 saturated heterocycles. The van der Waals surface area contributed by atoms with E-state index in [1.807, 2.05) is 24.3 Å². The molecule has 0 saturated carbocycles. The molecule has 26 heavy (non-hydrogen) atoms. The summed E-state index contributed by atoms with van der Waals surface area (Å²) < 4.78 is 6.49. The van der Waals surface area contributed by atoms with Crippen molar-refractivity contribution in [1.82, 2.24) is 9.66 Å². The number of benzene rings is 1. The number of methoxy groups -OCH3 is 1. The first kappa shape index (κ1) is 17.0. The third-order valence-electron chi connectivity index (χ3n) is 4.45. The number of thiocarbonyl (C=S) groups is 1. The van der Waals surface area contributed by atoms with Gasteiger partial charge in [0.15, 0.2) is 5.11 Å². The van der Waals surface area contributed by atoms with Crippen molar-refractivity contribution in [2.75, 3.05) is 17.9 Å². The van der Waals surface area contributed by atoms with Crippen LogP contribution in [0.25, 0.3) is 10.2 Å². The molecule has 0 atom stereocenters. The van der Waals surface area contributed by atoms with E-state index in [9.17, 15) is 4.79 Å². The highest BCUT2D eigenvalue weighted by atomic mass is 32.1. The molecule has 0 bridgehead atoms. The molecule has 2 aromatic heterocycles. The van der Waals surface area contributed by atoms with Crippen LogP contribution in [0, 0.1) is 0 Å². The molecule has 2 N–H and O–H groups in total. The number of thiophene rings is 1. The zero-order chi connectivity index (χ0) is 18.1. The summed E-state index contributed by atoms with van der Waals surface area (Å²) in [6.45, 7) is 0. The van der Waals surface area contributed by atoms with Crippen LogP contribution in [-0.4, -0.2) is 21.9 Å². The molecule has 134 valence electrons. The second kappa shape index (κ2) is 7.05. The average molecular weight is 387 g/mol. The smallest absolute Gasteiger partial charge is 0.281 e. The number of fused-ring (bicyclic) bond motifs is 3. The van der Waals surface area contributed by atoms with Crippen LogP contribution in [-0.2, 0) is 12.8 Å². The van der Waals surface area contributed by atoms with Gasteiger partial charge < -0.3 is 10.1 Å². The zero-order valence-electron chi connectivity index (χ0n) is 14.2. The van der Waals surface area contributed by atoms with Crippen molar-refractivity contribution >= 4 is 44.6 Å². The summed E-state index contributed by atoms with van der Waals surface area (Å²) in [6.07, 6.45) is 5.79. The van der Waals surface area contributed by atoms with Crippen molar-refractivity contribution in [3.63, 3.8) is 0 Å². The monoisotopic (exact) mass is 386 g/mol. The first-order valence-corrected chi connectivity index (χ1v) is 9.62. The normalized spacial score (nSPS) is 13.3. The Morgan fingerprint density at radius 2 is 2.04 bits per heavy atom. The summed E-state index contributed by atoms with van der Waals surface area (Å²) in [5.41, 5.74) is 4.78. The SMILES string of the molecule is COc1ccc(NC(=S)Nn2cnc3sc4c(c3c2=O)CCCC4)cc1. The van der Waals surface area contributed by atoms with Crippen molar-refractivity contribution in [1.29, 1.82) is 0 Å². The number of aryl methyl sites for hydroxylation is 2. The molecule has 0 radical (unpaired) electrons. The van der Waals surface area contributed by atoms with Gasteiger partial charge in [-0.3, -0.25) is 10.2 Å². The number of rotatable bonds is 3. The summed E-state index contributed by atoms with van der Waals surface area (Å²) in [5, 5.41) is 4.10. The minimum absolute atomic E-state index is 0.103. The van der Waals surface area contributed by atoms with E-state index in [0.29, 0.717) is 5.11 Å². The van der Waals surface area contributed by atoms with E-state index in [-0.39, 0.29) is 5.56 Å². The Hall–Kier alpha value is -2.45. The van der Waals surface area contributed by atoms with E-state index >= 15 is 0 Å². The summed E-state index contributed by atoms with van der Waals surface area (Å²) in [6, 6.07) is 7.38. The van der Waals surface area contributed by atoms with Crippen LogP contribution in [0.1, 0.15) is 23.3 Å². The molecule has 0 spiro atoms. The fraction of sp³-hybridized carbons (Fsp3) is 0.278. The van der Waals surface area contributed by atoms with Gasteiger partial charge in [0, 0.05) is 10.6 Å². The predicted octanol–water partition coefficient (Wildman–Crippen LogP) is 3.29. The maximum atomic E-state index is 12.9. The molecular formula is C18H18N4O2S2. The minimum atomic E-state index is -0.103. The van der Waals surface area contributed by atoms with Gasteiger partial charge in [0.25, 0.3) is 5.56 Å². The molecule has 2 heterocycles. The average Bonchev–Trinajstić information content (AvgIpc) is 3.04. The van der Waals surface area contributed by atoms with Gasteiger partial charge in [-0.1, -0.05) is 0 Å². The lowest BCUT2D eigenvalue weighted by atomic mass is 9.97. The molecular weight excluding hydrogens is 368 g/mol. The van der Waals surface area contributed by atoms with E-state index < -0.39 is 0 Å². The molecule has 0 fully saturated rings. The second-order valence-corrected chi connectivity index (χ2v) is 7.60. The lowest BCUT2D eigenvalue weighted by molar-refractivity contribution is 0.415. The van der Waals surface area contributed by atoms with Gasteiger partial charge in [0.1, 0.15) is 16.9 Å². The Kier molecular flexibility index (Phi) is 4.60. The summed E-state index contributed by atoms with van der Waals surface area (Å²) in [7, 11) is 1.62. The second-order valence-electron chi connectivity index (χ2n) is 6.11. The fourth-order valence-corrected chi connectivity index (χ4v) is 4.60. The first-order chi connectivity index (χ1) is 12.7. The highest BCUT2D eigenvalue weighted by Gasteiger charge is 2.20. The Morgan fingerprint density at radius 1 is 1.27 bits per heavy atom. The maximum Gasteiger partial charge on any atom is 0.281 e. The van der Waals surface area contributed by atoms with Gasteiger partial charge in [0.05, 0.1) is 12.5 Å². The molecule has 0 aliphatic heterocycles. The molecule has 1 aromatic carbocycles. The minimum Gasteiger partial charge on any atom is -0.497 e. The predicted molar refractivity (Wildman–Crippen MR) is 109 cm³/mol. The maximum absolute atomic E-state index is 12.9. The lowest BCUT2D eigenvalue weighted by Gasteiger charge is -2.13. The zero-order valence-corrected chi connectivity index (χ0v) is 15.9. The van der Waals surface area contributed by atoms with Crippen molar-refractivity contribution in [2.45, 2.75) is 25.7 Å². The van der Waals surface area contributed by atoms with Crippen molar-refractivity contribution in [3.8, 4) is 5.75 Å². The van der Waals surface area contributed by atoms with Gasteiger partial charge in [-0.15, -0.1) is 11.3 Å². The first-order valence-electron chi connectivity index (χ1n) is 8.39. The van der Waals surface area contributed by atoms with E-state index in [0.717, 1.165) is 40.9 Å². The summed E-state index contributed by atoms with van der Waals surface area (Å²) in [4.78, 5) is 19.5. The molecule has 1 aliphatic rings. The third-order valence-corrected chi connectivity index (χ3v) is 5.84. The summed E-state index contributed by atoms with van der Waals surface area (Å²) in [5.74, 6) is 0.766. The topological polar surface area (TPSA) is 68.2 Å².